The number of aliphatic hydroxyl groups excluding tert-OH is 1. The highest BCUT2D eigenvalue weighted by molar-refractivity contribution is 8.14. The van der Waals surface area contributed by atoms with Crippen molar-refractivity contribution < 1.29 is 19.0 Å². The lowest BCUT2D eigenvalue weighted by Crippen LogP contribution is -2.32. The van der Waals surface area contributed by atoms with Crippen molar-refractivity contribution >= 4 is 23.1 Å². The summed E-state index contributed by atoms with van der Waals surface area (Å²) in [6.45, 7) is 12.0. The van der Waals surface area contributed by atoms with E-state index in [4.69, 9.17) is 4.74 Å². The van der Waals surface area contributed by atoms with Crippen molar-refractivity contribution in [3.05, 3.63) is 78.3 Å². The van der Waals surface area contributed by atoms with E-state index in [1.165, 1.54) is 36.1 Å². The summed E-state index contributed by atoms with van der Waals surface area (Å²) in [6.07, 6.45) is 9.05. The molecule has 34 heavy (non-hydrogen) atoms. The highest BCUT2D eigenvalue weighted by Crippen LogP contribution is 2.36. The second-order valence-electron chi connectivity index (χ2n) is 7.88. The molecule has 0 amide bonds. The third kappa shape index (κ3) is 7.71. The predicted molar refractivity (Wildman–Crippen MR) is 140 cm³/mol. The van der Waals surface area contributed by atoms with Crippen molar-refractivity contribution in [3.63, 3.8) is 0 Å². The summed E-state index contributed by atoms with van der Waals surface area (Å²) in [6, 6.07) is 5.75. The molecule has 1 aliphatic heterocycles. The number of hydrogen-bond donors (Lipinski definition) is 2. The molecule has 2 atom stereocenters. The smallest absolute Gasteiger partial charge is 0.148 e. The summed E-state index contributed by atoms with van der Waals surface area (Å²) in [5.41, 5.74) is 1.71. The first-order valence-electron chi connectivity index (χ1n) is 11.6. The minimum Gasteiger partial charge on any atom is -0.486 e. The summed E-state index contributed by atoms with van der Waals surface area (Å²) in [7, 11) is 0. The van der Waals surface area contributed by atoms with Crippen molar-refractivity contribution in [2.75, 3.05) is 18.9 Å². The molecular formula is C27H35FN2O3S. The van der Waals surface area contributed by atoms with Gasteiger partial charge in [-0.2, -0.15) is 0 Å². The number of ether oxygens (including phenoxy) is 1. The van der Waals surface area contributed by atoms with Gasteiger partial charge in [0.25, 0.3) is 0 Å². The van der Waals surface area contributed by atoms with Crippen LogP contribution in [0.3, 0.4) is 0 Å². The Bertz CT molecular complexity index is 957. The Labute approximate surface area is 206 Å². The molecule has 0 bridgehead atoms. The van der Waals surface area contributed by atoms with Crippen LogP contribution in [0.2, 0.25) is 0 Å². The number of halogens is 1. The third-order valence-corrected chi connectivity index (χ3v) is 6.59. The number of nitrogens with one attached hydrogen (secondary N) is 1. The maximum Gasteiger partial charge on any atom is 0.148 e. The van der Waals surface area contributed by atoms with Crippen molar-refractivity contribution in [1.82, 2.24) is 5.32 Å². The molecule has 1 aliphatic carbocycles. The molecule has 0 spiro atoms. The summed E-state index contributed by atoms with van der Waals surface area (Å²) in [5.74, 6) is 0.895. The first-order chi connectivity index (χ1) is 16.5. The molecule has 0 saturated carbocycles. The summed E-state index contributed by atoms with van der Waals surface area (Å²) < 4.78 is 19.6. The van der Waals surface area contributed by atoms with E-state index in [0.717, 1.165) is 47.5 Å². The molecule has 1 aromatic carbocycles. The topological polar surface area (TPSA) is 70.9 Å². The summed E-state index contributed by atoms with van der Waals surface area (Å²) >= 11 is 1.50. The molecule has 7 heteroatoms. The van der Waals surface area contributed by atoms with Gasteiger partial charge in [-0.15, -0.1) is 11.8 Å². The monoisotopic (exact) mass is 486 g/mol. The van der Waals surface area contributed by atoms with Gasteiger partial charge in [0.2, 0.25) is 0 Å². The highest BCUT2D eigenvalue weighted by Gasteiger charge is 2.36. The van der Waals surface area contributed by atoms with E-state index in [0.29, 0.717) is 17.9 Å². The molecule has 1 aromatic rings. The van der Waals surface area contributed by atoms with E-state index in [2.05, 4.69) is 23.5 Å². The highest BCUT2D eigenvalue weighted by atomic mass is 32.2. The zero-order chi connectivity index (χ0) is 25.0. The Hall–Kier alpha value is -2.64. The molecule has 1 heterocycles. The van der Waals surface area contributed by atoms with Gasteiger partial charge in [0.1, 0.15) is 35.1 Å². The van der Waals surface area contributed by atoms with Crippen LogP contribution in [0.25, 0.3) is 0 Å². The Morgan fingerprint density at radius 3 is 2.97 bits per heavy atom. The molecule has 0 aromatic heterocycles. The number of aliphatic hydroxyl groups is 1. The number of benzene rings is 1. The van der Waals surface area contributed by atoms with E-state index in [1.807, 2.05) is 32.0 Å². The van der Waals surface area contributed by atoms with Gasteiger partial charge in [0, 0.05) is 24.4 Å². The fourth-order valence-electron chi connectivity index (χ4n) is 3.81. The zero-order valence-corrected chi connectivity index (χ0v) is 20.9. The second-order valence-corrected chi connectivity index (χ2v) is 8.93. The first-order valence-corrected chi connectivity index (χ1v) is 12.6. The molecule has 2 unspecified atom stereocenters. The van der Waals surface area contributed by atoms with Crippen molar-refractivity contribution in [1.29, 1.82) is 0 Å². The molecule has 0 radical (unpaired) electrons. The lowest BCUT2D eigenvalue weighted by Gasteiger charge is -2.23. The maximum atomic E-state index is 13.5. The Morgan fingerprint density at radius 1 is 1.44 bits per heavy atom. The molecule has 2 N–H and O–H groups in total. The SMILES string of the molecule is C=C/C=C\C(F)=C/CNC(=C)CC1(C=O)CSC(COc2cccc3c2CCCC3O)=N1.CC. The quantitative estimate of drug-likeness (QED) is 0.313. The Kier molecular flexibility index (Phi) is 11.3. The maximum absolute atomic E-state index is 13.5. The average molecular weight is 487 g/mol. The number of rotatable bonds is 11. The van der Waals surface area contributed by atoms with Crippen LogP contribution >= 0.6 is 11.8 Å². The minimum absolute atomic E-state index is 0.263. The largest absolute Gasteiger partial charge is 0.486 e. The van der Waals surface area contributed by atoms with Gasteiger partial charge < -0.3 is 20.0 Å². The number of carbonyl (C=O) groups is 1. The fourth-order valence-corrected chi connectivity index (χ4v) is 4.85. The Morgan fingerprint density at radius 2 is 2.24 bits per heavy atom. The van der Waals surface area contributed by atoms with Crippen LogP contribution in [-0.2, 0) is 11.2 Å². The number of hydrogen-bond acceptors (Lipinski definition) is 6. The number of allylic oxidation sites excluding steroid dienone is 4. The predicted octanol–water partition coefficient (Wildman–Crippen LogP) is 5.63. The fraction of sp³-hybridized carbons (Fsp3) is 0.407. The summed E-state index contributed by atoms with van der Waals surface area (Å²) in [5, 5.41) is 14.0. The van der Waals surface area contributed by atoms with Crippen LogP contribution in [0, 0.1) is 0 Å². The van der Waals surface area contributed by atoms with Crippen molar-refractivity contribution in [3.8, 4) is 5.75 Å². The van der Waals surface area contributed by atoms with E-state index >= 15 is 0 Å². The zero-order valence-electron chi connectivity index (χ0n) is 20.1. The summed E-state index contributed by atoms with van der Waals surface area (Å²) in [4.78, 5) is 16.5. The second kappa shape index (κ2) is 13.9. The molecule has 5 nitrogen and oxygen atoms in total. The first kappa shape index (κ1) is 27.6. The van der Waals surface area contributed by atoms with Crippen LogP contribution in [0.5, 0.6) is 5.75 Å². The van der Waals surface area contributed by atoms with E-state index < -0.39 is 11.6 Å². The normalized spacial score (nSPS) is 21.7. The van der Waals surface area contributed by atoms with Gasteiger partial charge >= 0.3 is 0 Å². The average Bonchev–Trinajstić information content (AvgIpc) is 3.26. The van der Waals surface area contributed by atoms with Gasteiger partial charge in [-0.05, 0) is 48.6 Å². The minimum atomic E-state index is -0.898. The van der Waals surface area contributed by atoms with Crippen LogP contribution in [0.1, 0.15) is 50.3 Å². The number of carbonyl (C=O) groups excluding carboxylic acids is 1. The van der Waals surface area contributed by atoms with E-state index in [9.17, 15) is 14.3 Å². The number of aliphatic imine (C=N–C) groups is 1. The van der Waals surface area contributed by atoms with Crippen LogP contribution < -0.4 is 10.1 Å². The number of nitrogens with zero attached hydrogens (tertiary/aromatic N) is 1. The molecule has 184 valence electrons. The molecule has 2 aliphatic rings. The van der Waals surface area contributed by atoms with Gasteiger partial charge in [0.05, 0.1) is 6.10 Å². The lowest BCUT2D eigenvalue weighted by molar-refractivity contribution is -0.111. The third-order valence-electron chi connectivity index (χ3n) is 5.40. The van der Waals surface area contributed by atoms with Gasteiger partial charge in [-0.3, -0.25) is 4.99 Å². The number of thioether (sulfide) groups is 1. The lowest BCUT2D eigenvalue weighted by atomic mass is 9.89. The Balaban J connectivity index is 0.00000199. The van der Waals surface area contributed by atoms with Crippen LogP contribution in [0.15, 0.2) is 72.2 Å². The molecule has 3 rings (SSSR count). The molecule has 0 fully saturated rings. The molecule has 0 saturated heterocycles. The molecular weight excluding hydrogens is 451 g/mol. The van der Waals surface area contributed by atoms with Gasteiger partial charge in [0.15, 0.2) is 0 Å². The van der Waals surface area contributed by atoms with Crippen molar-refractivity contribution in [2.45, 2.75) is 51.2 Å². The standard InChI is InChI=1S/C25H29FN2O3S.C2H6/c1-3-4-7-19(26)12-13-27-18(2)14-25(16-29)17-32-24(28-25)15-31-23-11-6-8-20-21(23)9-5-10-22(20)30;1-2/h3-4,6-8,11-12,16,22,27,30H,1-2,5,9-10,13-15,17H2;1-2H3/b7-4-,19-12+;. The van der Waals surface area contributed by atoms with E-state index in [1.54, 1.807) is 0 Å². The number of aldehydes is 1. The van der Waals surface area contributed by atoms with Crippen LogP contribution in [0.4, 0.5) is 4.39 Å². The van der Waals surface area contributed by atoms with Gasteiger partial charge in [-0.25, -0.2) is 4.39 Å². The van der Waals surface area contributed by atoms with Crippen molar-refractivity contribution in [2.24, 2.45) is 4.99 Å². The van der Waals surface area contributed by atoms with Gasteiger partial charge in [-0.1, -0.05) is 51.3 Å². The van der Waals surface area contributed by atoms with E-state index in [-0.39, 0.29) is 19.0 Å². The number of fused-ring (bicyclic) bond motifs is 1. The van der Waals surface area contributed by atoms with Crippen LogP contribution in [-0.4, -0.2) is 40.9 Å².